The number of fused-ring (bicyclic) bond motifs is 1. The van der Waals surface area contributed by atoms with Crippen molar-refractivity contribution >= 4 is 15.3 Å². The Kier molecular flexibility index (Phi) is 2.78. The van der Waals surface area contributed by atoms with Crippen LogP contribution in [0, 0.1) is 5.92 Å². The molecule has 1 heterocycles. The van der Waals surface area contributed by atoms with Gasteiger partial charge in [-0.25, -0.2) is 0 Å². The molecule has 3 nitrogen and oxygen atoms in total. The van der Waals surface area contributed by atoms with E-state index in [-0.39, 0.29) is 5.91 Å². The van der Waals surface area contributed by atoms with Crippen molar-refractivity contribution in [2.24, 2.45) is 11.7 Å². The Morgan fingerprint density at radius 3 is 3.00 bits per heavy atom. The van der Waals surface area contributed by atoms with E-state index in [9.17, 15) is 4.79 Å². The first-order valence-corrected chi connectivity index (χ1v) is 5.72. The zero-order chi connectivity index (χ0) is 10.1. The highest BCUT2D eigenvalue weighted by molar-refractivity contribution is 7.13. The second kappa shape index (κ2) is 3.90. The van der Waals surface area contributed by atoms with Crippen LogP contribution in [0.25, 0.3) is 0 Å². The molecule has 1 fully saturated rings. The van der Waals surface area contributed by atoms with Gasteiger partial charge in [-0.15, -0.1) is 0 Å². The Morgan fingerprint density at radius 1 is 1.57 bits per heavy atom. The van der Waals surface area contributed by atoms with E-state index in [2.05, 4.69) is 20.3 Å². The van der Waals surface area contributed by atoms with Gasteiger partial charge in [-0.3, -0.25) is 4.79 Å². The Balaban J connectivity index is 2.09. The lowest BCUT2D eigenvalue weighted by Gasteiger charge is -2.31. The lowest BCUT2D eigenvalue weighted by molar-refractivity contribution is -0.117. The Labute approximate surface area is 87.0 Å². The maximum Gasteiger partial charge on any atom is 0.221 e. The summed E-state index contributed by atoms with van der Waals surface area (Å²) < 4.78 is 2.18. The molecule has 0 saturated heterocycles. The van der Waals surface area contributed by atoms with Gasteiger partial charge >= 0.3 is 0 Å². The van der Waals surface area contributed by atoms with Gasteiger partial charge in [0.25, 0.3) is 0 Å². The lowest BCUT2D eigenvalue weighted by Crippen LogP contribution is -2.29. The van der Waals surface area contributed by atoms with Crippen molar-refractivity contribution in [2.75, 3.05) is 0 Å². The molecule has 2 rings (SSSR count). The average molecular weight is 212 g/mol. The van der Waals surface area contributed by atoms with Gasteiger partial charge in [0.2, 0.25) is 5.91 Å². The number of carbonyl (C=O) groups excluding carboxylic acids is 1. The molecule has 2 N–H and O–H groups in total. The fourth-order valence-electron chi connectivity index (χ4n) is 2.66. The van der Waals surface area contributed by atoms with E-state index in [0.29, 0.717) is 18.4 Å². The number of hydrogen-bond donors (Lipinski definition) is 1. The molecule has 4 heteroatoms. The quantitative estimate of drug-likeness (QED) is 0.703. The number of carbonyl (C=O) groups is 1. The van der Waals surface area contributed by atoms with E-state index < -0.39 is 0 Å². The molecule has 1 aliphatic carbocycles. The Hall–Kier alpha value is -0.560. The van der Waals surface area contributed by atoms with E-state index >= 15 is 0 Å². The summed E-state index contributed by atoms with van der Waals surface area (Å²) in [5.74, 6) is 0.370. The maximum atomic E-state index is 10.9. The number of nitrogens with two attached hydrogens (primary N) is 1. The molecule has 1 amide bonds. The molecule has 0 aromatic heterocycles. The number of rotatable bonds is 2. The molecule has 14 heavy (non-hydrogen) atoms. The normalized spacial score (nSPS) is 31.2. The van der Waals surface area contributed by atoms with E-state index in [0.717, 1.165) is 0 Å². The zero-order valence-corrected chi connectivity index (χ0v) is 9.43. The molecule has 0 spiro atoms. The van der Waals surface area contributed by atoms with Crippen LogP contribution in [0.15, 0.2) is 11.8 Å². The van der Waals surface area contributed by atoms with Gasteiger partial charge in [0.05, 0.1) is 0 Å². The predicted molar refractivity (Wildman–Crippen MR) is 59.2 cm³/mol. The maximum absolute atomic E-state index is 10.9. The summed E-state index contributed by atoms with van der Waals surface area (Å²) in [5.41, 5.74) is 6.47. The first-order chi connectivity index (χ1) is 6.68. The smallest absolute Gasteiger partial charge is 0.221 e. The largest absolute Gasteiger partial charge is 0.369 e. The molecule has 1 saturated carbocycles. The topological polar surface area (TPSA) is 46.3 Å². The monoisotopic (exact) mass is 212 g/mol. The van der Waals surface area contributed by atoms with Crippen LogP contribution < -0.4 is 5.73 Å². The first-order valence-electron chi connectivity index (χ1n) is 5.20. The second-order valence-electron chi connectivity index (χ2n) is 4.25. The molecule has 0 radical (unpaired) electrons. The third-order valence-corrected chi connectivity index (χ3v) is 3.81. The zero-order valence-electron chi connectivity index (χ0n) is 8.28. The van der Waals surface area contributed by atoms with E-state index in [1.54, 1.807) is 0 Å². The minimum atomic E-state index is -0.208. The SMILES string of the molecule is NC(=O)CC1=CN(P)C2CCCCC12. The van der Waals surface area contributed by atoms with Crippen LogP contribution in [0.2, 0.25) is 0 Å². The highest BCUT2D eigenvalue weighted by Crippen LogP contribution is 2.41. The third-order valence-electron chi connectivity index (χ3n) is 3.28. The molecular weight excluding hydrogens is 195 g/mol. The van der Waals surface area contributed by atoms with Gasteiger partial charge in [0.1, 0.15) is 0 Å². The van der Waals surface area contributed by atoms with E-state index in [1.807, 2.05) is 0 Å². The molecule has 3 atom stereocenters. The molecule has 0 aromatic carbocycles. The molecular formula is C10H17N2OP. The van der Waals surface area contributed by atoms with Gasteiger partial charge in [0, 0.05) is 24.6 Å². The van der Waals surface area contributed by atoms with Crippen molar-refractivity contribution < 1.29 is 4.79 Å². The fraction of sp³-hybridized carbons (Fsp3) is 0.700. The summed E-state index contributed by atoms with van der Waals surface area (Å²) >= 11 is 0. The van der Waals surface area contributed by atoms with Gasteiger partial charge < -0.3 is 10.4 Å². The molecule has 0 aromatic rings. The van der Waals surface area contributed by atoms with Crippen molar-refractivity contribution in [3.63, 3.8) is 0 Å². The summed E-state index contributed by atoms with van der Waals surface area (Å²) in [6, 6.07) is 0.600. The number of hydrogen-bond acceptors (Lipinski definition) is 2. The van der Waals surface area contributed by atoms with Gasteiger partial charge in [-0.2, -0.15) is 0 Å². The lowest BCUT2D eigenvalue weighted by atomic mass is 9.81. The first kappa shape index (κ1) is 9.97. The van der Waals surface area contributed by atoms with Crippen molar-refractivity contribution in [3.8, 4) is 0 Å². The minimum Gasteiger partial charge on any atom is -0.369 e. The Bertz CT molecular complexity index is 277. The predicted octanol–water partition coefficient (Wildman–Crippen LogP) is 1.41. The molecule has 2 aliphatic rings. The van der Waals surface area contributed by atoms with Crippen LogP contribution in [0.4, 0.5) is 0 Å². The highest BCUT2D eigenvalue weighted by Gasteiger charge is 2.35. The number of primary amides is 1. The molecule has 1 aliphatic heterocycles. The summed E-state index contributed by atoms with van der Waals surface area (Å²) in [7, 11) is 2.73. The van der Waals surface area contributed by atoms with Crippen LogP contribution in [0.1, 0.15) is 32.1 Å². The second-order valence-corrected chi connectivity index (χ2v) is 4.85. The summed E-state index contributed by atoms with van der Waals surface area (Å²) in [6.07, 6.45) is 7.59. The van der Waals surface area contributed by atoms with Crippen LogP contribution in [-0.2, 0) is 4.79 Å². The number of nitrogens with zero attached hydrogens (tertiary/aromatic N) is 1. The standard InChI is InChI=1S/C10H17N2OP/c11-10(13)5-7-6-12(14)9-4-2-1-3-8(7)9/h6,8-9H,1-5,14H2,(H2,11,13). The van der Waals surface area contributed by atoms with Gasteiger partial charge in [-0.05, 0) is 27.8 Å². The van der Waals surface area contributed by atoms with Crippen molar-refractivity contribution in [1.29, 1.82) is 0 Å². The summed E-state index contributed by atoms with van der Waals surface area (Å²) in [5, 5.41) is 0. The van der Waals surface area contributed by atoms with Crippen molar-refractivity contribution in [3.05, 3.63) is 11.8 Å². The molecule has 78 valence electrons. The van der Waals surface area contributed by atoms with Gasteiger partial charge in [0.15, 0.2) is 0 Å². The summed E-state index contributed by atoms with van der Waals surface area (Å²) in [6.45, 7) is 0. The van der Waals surface area contributed by atoms with Crippen LogP contribution in [-0.4, -0.2) is 16.6 Å². The minimum absolute atomic E-state index is 0.208. The van der Waals surface area contributed by atoms with Crippen LogP contribution in [0.3, 0.4) is 0 Å². The van der Waals surface area contributed by atoms with Gasteiger partial charge in [-0.1, -0.05) is 12.8 Å². The average Bonchev–Trinajstić information content (AvgIpc) is 2.44. The van der Waals surface area contributed by atoms with Crippen LogP contribution in [0.5, 0.6) is 0 Å². The fourth-order valence-corrected chi connectivity index (χ4v) is 3.21. The van der Waals surface area contributed by atoms with Crippen molar-refractivity contribution in [2.45, 2.75) is 38.1 Å². The summed E-state index contributed by atoms with van der Waals surface area (Å²) in [4.78, 5) is 10.9. The van der Waals surface area contributed by atoms with E-state index in [4.69, 9.17) is 5.73 Å². The van der Waals surface area contributed by atoms with Crippen LogP contribution >= 0.6 is 9.39 Å². The highest BCUT2D eigenvalue weighted by atomic mass is 31.0. The van der Waals surface area contributed by atoms with E-state index in [1.165, 1.54) is 31.3 Å². The van der Waals surface area contributed by atoms with Crippen molar-refractivity contribution in [1.82, 2.24) is 4.67 Å². The number of amides is 1. The third kappa shape index (κ3) is 1.78. The Morgan fingerprint density at radius 2 is 2.29 bits per heavy atom. The molecule has 3 unspecified atom stereocenters. The molecule has 0 bridgehead atoms.